The average Bonchev–Trinajstić information content (AvgIpc) is 2.74. The van der Waals surface area contributed by atoms with Gasteiger partial charge in [0.2, 0.25) is 0 Å². The van der Waals surface area contributed by atoms with Crippen molar-refractivity contribution in [2.24, 2.45) is 7.05 Å². The topological polar surface area (TPSA) is 29.9 Å². The zero-order valence-corrected chi connectivity index (χ0v) is 11.2. The second-order valence-corrected chi connectivity index (χ2v) is 4.80. The Labute approximate surface area is 111 Å². The van der Waals surface area contributed by atoms with Crippen LogP contribution in [-0.2, 0) is 7.05 Å². The van der Waals surface area contributed by atoms with Gasteiger partial charge in [0.15, 0.2) is 0 Å². The SMILES string of the molecule is CC(C)Nc1ccc(-c2cnn(C)c2)c(C(F)F)c1. The minimum absolute atomic E-state index is 0.0265. The number of anilines is 1. The molecule has 19 heavy (non-hydrogen) atoms. The second-order valence-electron chi connectivity index (χ2n) is 4.80. The van der Waals surface area contributed by atoms with Crippen LogP contribution in [0.25, 0.3) is 11.1 Å². The van der Waals surface area contributed by atoms with E-state index in [0.717, 1.165) is 0 Å². The summed E-state index contributed by atoms with van der Waals surface area (Å²) in [5.41, 5.74) is 1.96. The fourth-order valence-corrected chi connectivity index (χ4v) is 1.99. The number of nitrogens with zero attached hydrogens (tertiary/aromatic N) is 2. The van der Waals surface area contributed by atoms with Gasteiger partial charge in [-0.05, 0) is 31.5 Å². The van der Waals surface area contributed by atoms with E-state index in [1.54, 1.807) is 30.2 Å². The summed E-state index contributed by atoms with van der Waals surface area (Å²) in [5.74, 6) is 0. The van der Waals surface area contributed by atoms with Crippen LogP contribution in [0.2, 0.25) is 0 Å². The van der Waals surface area contributed by atoms with Gasteiger partial charge in [0.25, 0.3) is 6.43 Å². The number of alkyl halides is 2. The Morgan fingerprint density at radius 3 is 2.53 bits per heavy atom. The van der Waals surface area contributed by atoms with Crippen molar-refractivity contribution in [1.82, 2.24) is 9.78 Å². The van der Waals surface area contributed by atoms with Crippen molar-refractivity contribution >= 4 is 5.69 Å². The molecule has 1 heterocycles. The molecule has 0 fully saturated rings. The van der Waals surface area contributed by atoms with Gasteiger partial charge in [0.05, 0.1) is 6.20 Å². The van der Waals surface area contributed by atoms with Crippen molar-refractivity contribution < 1.29 is 8.78 Å². The predicted octanol–water partition coefficient (Wildman–Crippen LogP) is 3.85. The van der Waals surface area contributed by atoms with E-state index < -0.39 is 6.43 Å². The molecule has 0 saturated heterocycles. The summed E-state index contributed by atoms with van der Waals surface area (Å²) >= 11 is 0. The number of hydrogen-bond acceptors (Lipinski definition) is 2. The molecule has 2 aromatic rings. The van der Waals surface area contributed by atoms with Crippen molar-refractivity contribution in [3.8, 4) is 11.1 Å². The highest BCUT2D eigenvalue weighted by atomic mass is 19.3. The Kier molecular flexibility index (Phi) is 3.83. The first-order valence-electron chi connectivity index (χ1n) is 6.15. The van der Waals surface area contributed by atoms with Crippen LogP contribution in [0.3, 0.4) is 0 Å². The lowest BCUT2D eigenvalue weighted by atomic mass is 10.0. The van der Waals surface area contributed by atoms with Crippen LogP contribution in [0.4, 0.5) is 14.5 Å². The van der Waals surface area contributed by atoms with Crippen molar-refractivity contribution in [1.29, 1.82) is 0 Å². The summed E-state index contributed by atoms with van der Waals surface area (Å²) in [4.78, 5) is 0. The van der Waals surface area contributed by atoms with Crippen molar-refractivity contribution in [3.05, 3.63) is 36.2 Å². The standard InChI is InChI=1S/C14H17F2N3/c1-9(2)18-11-4-5-12(13(6-11)14(15)16)10-7-17-19(3)8-10/h4-9,14,18H,1-3H3. The molecule has 0 amide bonds. The molecule has 0 bridgehead atoms. The molecule has 0 spiro atoms. The van der Waals surface area contributed by atoms with E-state index >= 15 is 0 Å². The van der Waals surface area contributed by atoms with Crippen molar-refractivity contribution in [3.63, 3.8) is 0 Å². The molecule has 5 heteroatoms. The summed E-state index contributed by atoms with van der Waals surface area (Å²) in [5, 5.41) is 7.15. The quantitative estimate of drug-likeness (QED) is 0.910. The van der Waals surface area contributed by atoms with Gasteiger partial charge in [-0.3, -0.25) is 4.68 Å². The van der Waals surface area contributed by atoms with Crippen molar-refractivity contribution in [2.75, 3.05) is 5.32 Å². The number of halogens is 2. The molecule has 0 atom stereocenters. The molecule has 3 nitrogen and oxygen atoms in total. The molecule has 1 aromatic heterocycles. The maximum absolute atomic E-state index is 13.2. The molecular formula is C14H17F2N3. The van der Waals surface area contributed by atoms with Crippen molar-refractivity contribution in [2.45, 2.75) is 26.3 Å². The average molecular weight is 265 g/mol. The van der Waals surface area contributed by atoms with Crippen LogP contribution in [0, 0.1) is 0 Å². The highest BCUT2D eigenvalue weighted by molar-refractivity contribution is 5.69. The van der Waals surface area contributed by atoms with Gasteiger partial charge in [-0.1, -0.05) is 6.07 Å². The first-order valence-corrected chi connectivity index (χ1v) is 6.15. The van der Waals surface area contributed by atoms with E-state index in [2.05, 4.69) is 10.4 Å². The Hall–Kier alpha value is -1.91. The Morgan fingerprint density at radius 1 is 1.26 bits per heavy atom. The lowest BCUT2D eigenvalue weighted by Gasteiger charge is -2.14. The Morgan fingerprint density at radius 2 is 2.00 bits per heavy atom. The Bertz CT molecular complexity index is 562. The summed E-state index contributed by atoms with van der Waals surface area (Å²) in [6, 6.07) is 5.24. The first-order chi connectivity index (χ1) is 8.97. The van der Waals surface area contributed by atoms with Crippen LogP contribution in [0.5, 0.6) is 0 Å². The van der Waals surface area contributed by atoms with Gasteiger partial charge in [0, 0.05) is 36.1 Å². The fraction of sp³-hybridized carbons (Fsp3) is 0.357. The number of rotatable bonds is 4. The second kappa shape index (κ2) is 5.38. The smallest absolute Gasteiger partial charge is 0.264 e. The largest absolute Gasteiger partial charge is 0.383 e. The molecule has 0 unspecified atom stereocenters. The summed E-state index contributed by atoms with van der Waals surface area (Å²) < 4.78 is 28.0. The van der Waals surface area contributed by atoms with E-state index in [-0.39, 0.29) is 11.6 Å². The minimum atomic E-state index is -2.51. The van der Waals surface area contributed by atoms with Gasteiger partial charge in [-0.2, -0.15) is 5.10 Å². The molecule has 2 rings (SSSR count). The lowest BCUT2D eigenvalue weighted by molar-refractivity contribution is 0.152. The number of aryl methyl sites for hydroxylation is 1. The van der Waals surface area contributed by atoms with Crippen LogP contribution < -0.4 is 5.32 Å². The molecule has 1 N–H and O–H groups in total. The fourth-order valence-electron chi connectivity index (χ4n) is 1.99. The van der Waals surface area contributed by atoms with Gasteiger partial charge >= 0.3 is 0 Å². The molecule has 0 saturated carbocycles. The van der Waals surface area contributed by atoms with E-state index in [1.165, 1.54) is 6.07 Å². The summed E-state index contributed by atoms with van der Waals surface area (Å²) in [6.07, 6.45) is 0.817. The van der Waals surface area contributed by atoms with Gasteiger partial charge < -0.3 is 5.32 Å². The van der Waals surface area contributed by atoms with Crippen LogP contribution in [0.1, 0.15) is 25.8 Å². The van der Waals surface area contributed by atoms with Gasteiger partial charge in [-0.15, -0.1) is 0 Å². The summed E-state index contributed by atoms with van der Waals surface area (Å²) in [7, 11) is 1.76. The van der Waals surface area contributed by atoms with Crippen LogP contribution in [0.15, 0.2) is 30.6 Å². The van der Waals surface area contributed by atoms with E-state index in [9.17, 15) is 8.78 Å². The zero-order chi connectivity index (χ0) is 14.0. The zero-order valence-electron chi connectivity index (χ0n) is 11.2. The highest BCUT2D eigenvalue weighted by Crippen LogP contribution is 2.33. The van der Waals surface area contributed by atoms with E-state index in [1.807, 2.05) is 19.9 Å². The number of aromatic nitrogens is 2. The first kappa shape index (κ1) is 13.5. The normalized spacial score (nSPS) is 11.3. The predicted molar refractivity (Wildman–Crippen MR) is 72.4 cm³/mol. The van der Waals surface area contributed by atoms with Gasteiger partial charge in [0.1, 0.15) is 0 Å². The third-order valence-corrected chi connectivity index (χ3v) is 2.76. The molecule has 0 aliphatic carbocycles. The lowest BCUT2D eigenvalue weighted by Crippen LogP contribution is -2.10. The maximum atomic E-state index is 13.2. The molecule has 1 aromatic carbocycles. The number of benzene rings is 1. The van der Waals surface area contributed by atoms with Gasteiger partial charge in [-0.25, -0.2) is 8.78 Å². The van der Waals surface area contributed by atoms with Crippen LogP contribution >= 0.6 is 0 Å². The number of nitrogens with one attached hydrogen (secondary N) is 1. The van der Waals surface area contributed by atoms with E-state index in [4.69, 9.17) is 0 Å². The molecule has 0 aliphatic rings. The minimum Gasteiger partial charge on any atom is -0.383 e. The van der Waals surface area contributed by atoms with Crippen LogP contribution in [-0.4, -0.2) is 15.8 Å². The van der Waals surface area contributed by atoms with E-state index in [0.29, 0.717) is 16.8 Å². The highest BCUT2D eigenvalue weighted by Gasteiger charge is 2.16. The Balaban J connectivity index is 2.43. The molecule has 0 aliphatic heterocycles. The molecule has 102 valence electrons. The monoisotopic (exact) mass is 265 g/mol. The molecule has 0 radical (unpaired) electrons. The third kappa shape index (κ3) is 3.10. The molecular weight excluding hydrogens is 248 g/mol. The maximum Gasteiger partial charge on any atom is 0.264 e. The third-order valence-electron chi connectivity index (χ3n) is 2.76. The number of hydrogen-bond donors (Lipinski definition) is 1. The summed E-state index contributed by atoms with van der Waals surface area (Å²) in [6.45, 7) is 3.94.